The number of urea groups is 1. The molecule has 0 aliphatic heterocycles. The number of rotatable bonds is 5. The number of carboxylic acids is 1. The summed E-state index contributed by atoms with van der Waals surface area (Å²) in [6.45, 7) is 5.56. The third-order valence-corrected chi connectivity index (χ3v) is 3.45. The molecule has 0 saturated heterocycles. The van der Waals surface area contributed by atoms with Crippen LogP contribution in [0.1, 0.15) is 33.6 Å². The first kappa shape index (κ1) is 13.8. The Labute approximate surface area is 102 Å². The number of nitrogens with zero attached hydrogens (tertiary/aromatic N) is 1. The molecule has 0 spiro atoms. The Morgan fingerprint density at radius 1 is 1.29 bits per heavy atom. The fourth-order valence-corrected chi connectivity index (χ4v) is 1.83. The molecular formula is C12H22N2O3. The number of amides is 2. The Morgan fingerprint density at radius 2 is 1.82 bits per heavy atom. The van der Waals surface area contributed by atoms with Crippen LogP contribution in [0.5, 0.6) is 0 Å². The number of nitrogens with one attached hydrogen (secondary N) is 1. The molecule has 5 nitrogen and oxygen atoms in total. The second-order valence-electron chi connectivity index (χ2n) is 5.20. The van der Waals surface area contributed by atoms with Crippen LogP contribution < -0.4 is 5.32 Å². The van der Waals surface area contributed by atoms with Crippen LogP contribution in [0.25, 0.3) is 0 Å². The molecule has 0 aromatic heterocycles. The van der Waals surface area contributed by atoms with Crippen molar-refractivity contribution in [3.05, 3.63) is 0 Å². The summed E-state index contributed by atoms with van der Waals surface area (Å²) in [4.78, 5) is 24.5. The maximum atomic E-state index is 11.9. The molecule has 0 aromatic rings. The van der Waals surface area contributed by atoms with Crippen molar-refractivity contribution in [2.75, 3.05) is 7.05 Å². The average molecular weight is 242 g/mol. The molecule has 0 radical (unpaired) electrons. The van der Waals surface area contributed by atoms with Crippen molar-refractivity contribution >= 4 is 12.0 Å². The van der Waals surface area contributed by atoms with Gasteiger partial charge in [-0.3, -0.25) is 0 Å². The van der Waals surface area contributed by atoms with Gasteiger partial charge in [0.15, 0.2) is 0 Å². The molecule has 0 bridgehead atoms. The third kappa shape index (κ3) is 3.61. The predicted molar refractivity (Wildman–Crippen MR) is 64.7 cm³/mol. The molecule has 2 N–H and O–H groups in total. The maximum absolute atomic E-state index is 11.9. The number of hydrogen-bond acceptors (Lipinski definition) is 2. The van der Waals surface area contributed by atoms with Crippen LogP contribution in [0.15, 0.2) is 0 Å². The second-order valence-corrected chi connectivity index (χ2v) is 5.20. The fraction of sp³-hybridized carbons (Fsp3) is 0.833. The molecule has 1 rings (SSSR count). The first-order valence-electron chi connectivity index (χ1n) is 6.10. The van der Waals surface area contributed by atoms with Gasteiger partial charge in [-0.05, 0) is 31.6 Å². The molecule has 17 heavy (non-hydrogen) atoms. The van der Waals surface area contributed by atoms with Crippen molar-refractivity contribution in [3.8, 4) is 0 Å². The number of carbonyl (C=O) groups excluding carboxylic acids is 1. The highest BCUT2D eigenvalue weighted by Crippen LogP contribution is 2.34. The van der Waals surface area contributed by atoms with E-state index >= 15 is 0 Å². The van der Waals surface area contributed by atoms with Gasteiger partial charge in [-0.15, -0.1) is 0 Å². The smallest absolute Gasteiger partial charge is 0.326 e. The Balaban J connectivity index is 2.53. The van der Waals surface area contributed by atoms with Gasteiger partial charge in [-0.25, -0.2) is 9.59 Å². The normalized spacial score (nSPS) is 18.6. The van der Waals surface area contributed by atoms with E-state index in [2.05, 4.69) is 5.32 Å². The monoisotopic (exact) mass is 242 g/mol. The third-order valence-electron chi connectivity index (χ3n) is 3.45. The highest BCUT2D eigenvalue weighted by Gasteiger charge is 2.34. The zero-order chi connectivity index (χ0) is 13.2. The largest absolute Gasteiger partial charge is 0.480 e. The van der Waals surface area contributed by atoms with Gasteiger partial charge < -0.3 is 15.3 Å². The first-order chi connectivity index (χ1) is 7.84. The van der Waals surface area contributed by atoms with Crippen molar-refractivity contribution in [1.29, 1.82) is 0 Å². The number of aliphatic carboxylic acids is 1. The van der Waals surface area contributed by atoms with Gasteiger partial charge in [0.2, 0.25) is 0 Å². The van der Waals surface area contributed by atoms with Crippen molar-refractivity contribution in [2.24, 2.45) is 11.8 Å². The van der Waals surface area contributed by atoms with Gasteiger partial charge in [0.1, 0.15) is 6.04 Å². The Morgan fingerprint density at radius 3 is 2.18 bits per heavy atom. The van der Waals surface area contributed by atoms with E-state index in [1.165, 1.54) is 0 Å². The van der Waals surface area contributed by atoms with E-state index in [4.69, 9.17) is 5.11 Å². The minimum absolute atomic E-state index is 0.124. The Hall–Kier alpha value is -1.26. The zero-order valence-electron chi connectivity index (χ0n) is 10.9. The summed E-state index contributed by atoms with van der Waals surface area (Å²) in [6, 6.07) is -0.946. The average Bonchev–Trinajstić information content (AvgIpc) is 3.06. The van der Waals surface area contributed by atoms with Gasteiger partial charge in [0.05, 0.1) is 0 Å². The molecule has 1 aliphatic rings. The van der Waals surface area contributed by atoms with Crippen LogP contribution in [0, 0.1) is 11.8 Å². The molecule has 98 valence electrons. The number of hydrogen-bond donors (Lipinski definition) is 2. The van der Waals surface area contributed by atoms with Crippen molar-refractivity contribution in [3.63, 3.8) is 0 Å². The zero-order valence-corrected chi connectivity index (χ0v) is 10.9. The summed E-state index contributed by atoms with van der Waals surface area (Å²) in [5.74, 6) is -0.532. The molecule has 1 saturated carbocycles. The lowest BCUT2D eigenvalue weighted by molar-refractivity contribution is -0.140. The fourth-order valence-electron chi connectivity index (χ4n) is 1.83. The molecule has 1 unspecified atom stereocenters. The van der Waals surface area contributed by atoms with Gasteiger partial charge in [-0.2, -0.15) is 0 Å². The maximum Gasteiger partial charge on any atom is 0.326 e. The van der Waals surface area contributed by atoms with Crippen molar-refractivity contribution in [2.45, 2.75) is 45.7 Å². The van der Waals surface area contributed by atoms with Gasteiger partial charge in [-0.1, -0.05) is 13.8 Å². The van der Waals surface area contributed by atoms with Crippen molar-refractivity contribution < 1.29 is 14.7 Å². The summed E-state index contributed by atoms with van der Waals surface area (Å²) in [5, 5.41) is 11.6. The van der Waals surface area contributed by atoms with Crippen LogP contribution in [0.4, 0.5) is 4.79 Å². The quantitative estimate of drug-likeness (QED) is 0.768. The lowest BCUT2D eigenvalue weighted by Gasteiger charge is -2.28. The van der Waals surface area contributed by atoms with Crippen LogP contribution in [-0.2, 0) is 4.79 Å². The van der Waals surface area contributed by atoms with E-state index in [1.807, 2.05) is 6.92 Å². The highest BCUT2D eigenvalue weighted by molar-refractivity contribution is 5.82. The van der Waals surface area contributed by atoms with E-state index in [0.29, 0.717) is 5.92 Å². The Bertz CT molecular complexity index is 300. The van der Waals surface area contributed by atoms with Gasteiger partial charge >= 0.3 is 12.0 Å². The molecule has 2 atom stereocenters. The predicted octanol–water partition coefficient (Wildman–Crippen LogP) is 1.54. The number of carboxylic acid groups (broad SMARTS) is 1. The Kier molecular flexibility index (Phi) is 4.37. The van der Waals surface area contributed by atoms with Gasteiger partial charge in [0.25, 0.3) is 0 Å². The molecule has 1 aliphatic carbocycles. The van der Waals surface area contributed by atoms with Crippen LogP contribution in [-0.4, -0.2) is 41.1 Å². The van der Waals surface area contributed by atoms with Crippen LogP contribution in [0.2, 0.25) is 0 Å². The molecular weight excluding hydrogens is 220 g/mol. The summed E-state index contributed by atoms with van der Waals surface area (Å²) in [7, 11) is 1.72. The van der Waals surface area contributed by atoms with Crippen molar-refractivity contribution in [1.82, 2.24) is 10.2 Å². The summed E-state index contributed by atoms with van der Waals surface area (Å²) in [6.07, 6.45) is 2.32. The summed E-state index contributed by atoms with van der Waals surface area (Å²) in [5.41, 5.74) is 0. The molecule has 1 fully saturated rings. The molecule has 0 aromatic carbocycles. The van der Waals surface area contributed by atoms with E-state index in [0.717, 1.165) is 12.8 Å². The van der Waals surface area contributed by atoms with E-state index in [9.17, 15) is 9.59 Å². The lowest BCUT2D eigenvalue weighted by Crippen LogP contribution is -2.51. The highest BCUT2D eigenvalue weighted by atomic mass is 16.4. The topological polar surface area (TPSA) is 69.6 Å². The minimum Gasteiger partial charge on any atom is -0.480 e. The standard InChI is InChI=1S/C12H22N2O3/c1-7(2)10(11(15)16)13-12(17)14(4)8(3)9-5-6-9/h7-10H,5-6H2,1-4H3,(H,13,17)(H,15,16)/t8?,10-/m1/s1. The lowest BCUT2D eigenvalue weighted by atomic mass is 10.1. The SMILES string of the molecule is CC(C)[C@@H](NC(=O)N(C)C(C)C1CC1)C(=O)O. The summed E-state index contributed by atoms with van der Waals surface area (Å²) < 4.78 is 0. The molecule has 5 heteroatoms. The van der Waals surface area contributed by atoms with E-state index in [-0.39, 0.29) is 18.0 Å². The van der Waals surface area contributed by atoms with E-state index < -0.39 is 12.0 Å². The molecule has 0 heterocycles. The minimum atomic E-state index is -0.985. The second kappa shape index (κ2) is 5.38. The van der Waals surface area contributed by atoms with Crippen LogP contribution >= 0.6 is 0 Å². The van der Waals surface area contributed by atoms with E-state index in [1.54, 1.807) is 25.8 Å². The molecule has 2 amide bonds. The first-order valence-corrected chi connectivity index (χ1v) is 6.10. The van der Waals surface area contributed by atoms with Gasteiger partial charge in [0, 0.05) is 13.1 Å². The number of carbonyl (C=O) groups is 2. The van der Waals surface area contributed by atoms with Crippen LogP contribution in [0.3, 0.4) is 0 Å². The summed E-state index contributed by atoms with van der Waals surface area (Å²) >= 11 is 0.